The monoisotopic (exact) mass is 373 g/mol. The van der Waals surface area contributed by atoms with Gasteiger partial charge in [-0.15, -0.1) is 0 Å². The van der Waals surface area contributed by atoms with Gasteiger partial charge in [0, 0.05) is 18.2 Å². The molecule has 0 radical (unpaired) electrons. The number of halogens is 1. The van der Waals surface area contributed by atoms with E-state index >= 15 is 0 Å². The Labute approximate surface area is 157 Å². The number of ether oxygens (including phenoxy) is 1. The minimum atomic E-state index is -0.362. The maximum absolute atomic E-state index is 12.8. The highest BCUT2D eigenvalue weighted by Gasteiger charge is 2.02. The predicted octanol–water partition coefficient (Wildman–Crippen LogP) is 2.85. The molecule has 0 saturated carbocycles. The van der Waals surface area contributed by atoms with E-state index in [1.807, 2.05) is 25.1 Å². The average molecular weight is 373 g/mol. The predicted molar refractivity (Wildman–Crippen MR) is 104 cm³/mol. The van der Waals surface area contributed by atoms with E-state index in [2.05, 4.69) is 16.2 Å². The number of nitrogens with one attached hydrogen (secondary N) is 3. The zero-order valence-corrected chi connectivity index (χ0v) is 15.3. The highest BCUT2D eigenvalue weighted by atomic mass is 32.1. The molecule has 0 aliphatic carbocycles. The van der Waals surface area contributed by atoms with Crippen LogP contribution in [0.4, 0.5) is 4.39 Å². The maximum Gasteiger partial charge on any atom is 0.262 e. The van der Waals surface area contributed by atoms with Crippen molar-refractivity contribution in [1.29, 1.82) is 0 Å². The van der Waals surface area contributed by atoms with E-state index in [0.29, 0.717) is 12.3 Å². The number of aryl methyl sites for hydroxylation is 1. The zero-order valence-electron chi connectivity index (χ0n) is 14.5. The van der Waals surface area contributed by atoms with Crippen LogP contribution < -0.4 is 20.9 Å². The molecule has 1 amide bonds. The Morgan fingerprint density at radius 2 is 1.92 bits per heavy atom. The van der Waals surface area contributed by atoms with Crippen molar-refractivity contribution >= 4 is 29.3 Å². The lowest BCUT2D eigenvalue weighted by Crippen LogP contribution is -2.45. The van der Waals surface area contributed by atoms with Gasteiger partial charge in [-0.2, -0.15) is 0 Å². The Balaban J connectivity index is 1.80. The third-order valence-corrected chi connectivity index (χ3v) is 3.71. The third-order valence-electron chi connectivity index (χ3n) is 3.47. The fourth-order valence-corrected chi connectivity index (χ4v) is 2.26. The van der Waals surface area contributed by atoms with Gasteiger partial charge in [-0.1, -0.05) is 23.8 Å². The molecule has 0 heterocycles. The first-order chi connectivity index (χ1) is 12.5. The molecule has 0 aliphatic rings. The minimum Gasteiger partial charge on any atom is -0.496 e. The normalized spacial score (nSPS) is 10.4. The lowest BCUT2D eigenvalue weighted by molar-refractivity contribution is -0.116. The van der Waals surface area contributed by atoms with Crippen molar-refractivity contribution in [2.45, 2.75) is 13.5 Å². The van der Waals surface area contributed by atoms with Gasteiger partial charge in [0.2, 0.25) is 0 Å². The molecule has 0 aromatic heterocycles. The first kappa shape index (κ1) is 19.4. The number of hydrogen-bond acceptors (Lipinski definition) is 3. The summed E-state index contributed by atoms with van der Waals surface area (Å²) >= 11 is 5.08. The third kappa shape index (κ3) is 6.18. The molecule has 5 nitrogen and oxygen atoms in total. The summed E-state index contributed by atoms with van der Waals surface area (Å²) in [7, 11) is 1.58. The molecular weight excluding hydrogens is 353 g/mol. The number of thiocarbonyl (C=S) groups is 1. The zero-order chi connectivity index (χ0) is 18.9. The van der Waals surface area contributed by atoms with Crippen LogP contribution in [0.3, 0.4) is 0 Å². The Morgan fingerprint density at radius 1 is 1.19 bits per heavy atom. The number of methoxy groups -OCH3 is 1. The van der Waals surface area contributed by atoms with Gasteiger partial charge in [-0.25, -0.2) is 4.39 Å². The van der Waals surface area contributed by atoms with Gasteiger partial charge < -0.3 is 10.1 Å². The summed E-state index contributed by atoms with van der Waals surface area (Å²) in [5.41, 5.74) is 7.81. The van der Waals surface area contributed by atoms with Crippen LogP contribution in [0, 0.1) is 12.7 Å². The van der Waals surface area contributed by atoms with E-state index in [4.69, 9.17) is 17.0 Å². The second-order valence-electron chi connectivity index (χ2n) is 5.50. The molecule has 0 fully saturated rings. The van der Waals surface area contributed by atoms with Gasteiger partial charge in [0.25, 0.3) is 5.91 Å². The smallest absolute Gasteiger partial charge is 0.262 e. The summed E-state index contributed by atoms with van der Waals surface area (Å²) in [6.07, 6.45) is 3.05. The van der Waals surface area contributed by atoms with Crippen molar-refractivity contribution in [2.24, 2.45) is 0 Å². The molecule has 2 aromatic carbocycles. The summed E-state index contributed by atoms with van der Waals surface area (Å²) in [6, 6.07) is 11.8. The summed E-state index contributed by atoms with van der Waals surface area (Å²) in [4.78, 5) is 11.9. The molecular formula is C19H20FN3O2S. The number of hydrogen-bond donors (Lipinski definition) is 3. The quantitative estimate of drug-likeness (QED) is 0.427. The van der Waals surface area contributed by atoms with E-state index < -0.39 is 0 Å². The Kier molecular flexibility index (Phi) is 7.11. The highest BCUT2D eigenvalue weighted by Crippen LogP contribution is 2.20. The Hall–Kier alpha value is -2.93. The Morgan fingerprint density at radius 3 is 2.62 bits per heavy atom. The summed E-state index contributed by atoms with van der Waals surface area (Å²) in [6.45, 7) is 2.38. The van der Waals surface area contributed by atoms with Crippen LogP contribution >= 0.6 is 12.2 Å². The van der Waals surface area contributed by atoms with Gasteiger partial charge in [-0.3, -0.25) is 15.6 Å². The van der Waals surface area contributed by atoms with Gasteiger partial charge >= 0.3 is 0 Å². The topological polar surface area (TPSA) is 62.4 Å². The van der Waals surface area contributed by atoms with Crippen LogP contribution in [0.1, 0.15) is 16.7 Å². The maximum atomic E-state index is 12.8. The van der Waals surface area contributed by atoms with Gasteiger partial charge in [0.05, 0.1) is 7.11 Å². The molecule has 2 rings (SSSR count). The number of benzene rings is 2. The second kappa shape index (κ2) is 9.53. The van der Waals surface area contributed by atoms with Crippen LogP contribution in [-0.4, -0.2) is 18.1 Å². The van der Waals surface area contributed by atoms with E-state index in [1.54, 1.807) is 25.3 Å². The molecule has 2 aromatic rings. The number of amides is 1. The number of rotatable bonds is 5. The second-order valence-corrected chi connectivity index (χ2v) is 5.91. The van der Waals surface area contributed by atoms with E-state index in [1.165, 1.54) is 18.2 Å². The summed E-state index contributed by atoms with van der Waals surface area (Å²) in [5.74, 6) is 0.0299. The average Bonchev–Trinajstić information content (AvgIpc) is 2.64. The standard InChI is InChI=1S/C19H20FN3O2S/c1-13-3-9-17(25-2)15(11-13)6-10-18(24)22-23-19(26)21-12-14-4-7-16(20)8-5-14/h3-11H,12H2,1-2H3,(H,22,24)(H2,21,23,26)/b10-6+. The molecule has 0 atom stereocenters. The lowest BCUT2D eigenvalue weighted by Gasteiger charge is -2.10. The van der Waals surface area contributed by atoms with Crippen LogP contribution in [-0.2, 0) is 11.3 Å². The van der Waals surface area contributed by atoms with Crippen LogP contribution in [0.25, 0.3) is 6.08 Å². The SMILES string of the molecule is COc1ccc(C)cc1/C=C/C(=O)NNC(=S)NCc1ccc(F)cc1. The molecule has 0 unspecified atom stereocenters. The van der Waals surface area contributed by atoms with Gasteiger partial charge in [0.1, 0.15) is 11.6 Å². The molecule has 7 heteroatoms. The highest BCUT2D eigenvalue weighted by molar-refractivity contribution is 7.80. The molecule has 0 saturated heterocycles. The van der Waals surface area contributed by atoms with E-state index in [9.17, 15) is 9.18 Å². The van der Waals surface area contributed by atoms with Crippen LogP contribution in [0.15, 0.2) is 48.5 Å². The molecule has 0 bridgehead atoms. The lowest BCUT2D eigenvalue weighted by atomic mass is 10.1. The minimum absolute atomic E-state index is 0.254. The fourth-order valence-electron chi connectivity index (χ4n) is 2.14. The van der Waals surface area contributed by atoms with Crippen molar-refractivity contribution in [2.75, 3.05) is 7.11 Å². The molecule has 3 N–H and O–H groups in total. The van der Waals surface area contributed by atoms with Crippen LogP contribution in [0.2, 0.25) is 0 Å². The first-order valence-electron chi connectivity index (χ1n) is 7.89. The van der Waals surface area contributed by atoms with Crippen molar-refractivity contribution in [3.63, 3.8) is 0 Å². The fraction of sp³-hybridized carbons (Fsp3) is 0.158. The van der Waals surface area contributed by atoms with Crippen molar-refractivity contribution < 1.29 is 13.9 Å². The van der Waals surface area contributed by atoms with Crippen LogP contribution in [0.5, 0.6) is 5.75 Å². The largest absolute Gasteiger partial charge is 0.496 e. The van der Waals surface area contributed by atoms with Crippen molar-refractivity contribution in [1.82, 2.24) is 16.2 Å². The van der Waals surface area contributed by atoms with Gasteiger partial charge in [0.15, 0.2) is 5.11 Å². The molecule has 0 spiro atoms. The number of hydrazine groups is 1. The number of carbonyl (C=O) groups excluding carboxylic acids is 1. The molecule has 136 valence electrons. The van der Waals surface area contributed by atoms with Gasteiger partial charge in [-0.05, 0) is 55.0 Å². The van der Waals surface area contributed by atoms with E-state index in [0.717, 1.165) is 16.7 Å². The first-order valence-corrected chi connectivity index (χ1v) is 8.30. The van der Waals surface area contributed by atoms with Crippen molar-refractivity contribution in [3.8, 4) is 5.75 Å². The molecule has 26 heavy (non-hydrogen) atoms. The Bertz CT molecular complexity index is 807. The summed E-state index contributed by atoms with van der Waals surface area (Å²) in [5, 5.41) is 3.17. The van der Waals surface area contributed by atoms with E-state index in [-0.39, 0.29) is 16.8 Å². The molecule has 0 aliphatic heterocycles. The number of carbonyl (C=O) groups is 1. The summed E-state index contributed by atoms with van der Waals surface area (Å²) < 4.78 is 18.1. The van der Waals surface area contributed by atoms with Crippen molar-refractivity contribution in [3.05, 3.63) is 71.0 Å².